The summed E-state index contributed by atoms with van der Waals surface area (Å²) in [6.45, 7) is 3.80. The number of aliphatic carboxylic acids is 1. The number of amides is 1. The molecule has 1 aromatic heterocycles. The van der Waals surface area contributed by atoms with Gasteiger partial charge in [-0.3, -0.25) is 9.59 Å². The first-order valence-electron chi connectivity index (χ1n) is 6.52. The molecule has 21 heavy (non-hydrogen) atoms. The minimum Gasteiger partial charge on any atom is -0.481 e. The first-order valence-corrected chi connectivity index (χ1v) is 7.51. The Hall–Kier alpha value is -2.02. The van der Waals surface area contributed by atoms with E-state index in [-0.39, 0.29) is 11.7 Å². The second-order valence-corrected chi connectivity index (χ2v) is 5.97. The Balaban J connectivity index is 2.58. The molecule has 0 aliphatic carbocycles. The van der Waals surface area contributed by atoms with Crippen molar-refractivity contribution in [2.75, 3.05) is 5.75 Å². The Morgan fingerprint density at radius 1 is 1.38 bits per heavy atom. The number of carboxylic acids is 1. The molecule has 0 aliphatic rings. The molecular weight excluding hydrogens is 290 g/mol. The van der Waals surface area contributed by atoms with Gasteiger partial charge in [-0.2, -0.15) is 0 Å². The second kappa shape index (κ2) is 6.17. The highest BCUT2D eigenvalue weighted by Crippen LogP contribution is 2.31. The molecule has 1 aromatic carbocycles. The molecule has 7 heteroatoms. The summed E-state index contributed by atoms with van der Waals surface area (Å²) in [6, 6.07) is 6.82. The Morgan fingerprint density at radius 2 is 2.05 bits per heavy atom. The molecule has 1 heterocycles. The van der Waals surface area contributed by atoms with Crippen molar-refractivity contribution in [2.45, 2.75) is 25.0 Å². The molecule has 1 amide bonds. The number of hydrogen-bond acceptors (Lipinski definition) is 4. The minimum atomic E-state index is -0.932. The summed E-state index contributed by atoms with van der Waals surface area (Å²) in [5.74, 6) is -1.53. The molecule has 2 aromatic rings. The number of para-hydroxylation sites is 2. The van der Waals surface area contributed by atoms with Gasteiger partial charge in [0.05, 0.1) is 16.8 Å². The lowest BCUT2D eigenvalue weighted by Gasteiger charge is -2.21. The number of carbonyl (C=O) groups excluding carboxylic acids is 1. The molecule has 2 rings (SSSR count). The van der Waals surface area contributed by atoms with Crippen LogP contribution in [0.25, 0.3) is 11.0 Å². The zero-order valence-corrected chi connectivity index (χ0v) is 12.6. The van der Waals surface area contributed by atoms with E-state index in [2.05, 4.69) is 4.98 Å². The van der Waals surface area contributed by atoms with E-state index in [1.165, 1.54) is 0 Å². The zero-order chi connectivity index (χ0) is 15.6. The van der Waals surface area contributed by atoms with E-state index < -0.39 is 17.9 Å². The summed E-state index contributed by atoms with van der Waals surface area (Å²) in [5, 5.41) is 9.34. The third kappa shape index (κ3) is 3.18. The molecule has 0 fully saturated rings. The molecule has 0 spiro atoms. The molecule has 0 saturated heterocycles. The van der Waals surface area contributed by atoms with E-state index in [1.54, 1.807) is 4.57 Å². The van der Waals surface area contributed by atoms with E-state index >= 15 is 0 Å². The first kappa shape index (κ1) is 15.4. The molecule has 112 valence electrons. The van der Waals surface area contributed by atoms with Crippen LogP contribution in [-0.4, -0.2) is 32.3 Å². The van der Waals surface area contributed by atoms with E-state index in [0.29, 0.717) is 5.16 Å². The Labute approximate surface area is 126 Å². The third-order valence-corrected chi connectivity index (χ3v) is 4.03. The predicted molar refractivity (Wildman–Crippen MR) is 81.2 cm³/mol. The molecular formula is C14H17N3O3S. The second-order valence-electron chi connectivity index (χ2n) is 5.03. The summed E-state index contributed by atoms with van der Waals surface area (Å²) in [6.07, 6.45) is 0. The largest absolute Gasteiger partial charge is 0.481 e. The molecule has 0 radical (unpaired) electrons. The summed E-state index contributed by atoms with van der Waals surface area (Å²) in [4.78, 5) is 27.0. The maximum absolute atomic E-state index is 11.8. The molecule has 0 aliphatic heterocycles. The SMILES string of the molecule is CC(C)C(C(N)=O)n1c(SCC(=O)O)nc2ccccc21. The van der Waals surface area contributed by atoms with Crippen molar-refractivity contribution >= 4 is 34.7 Å². The lowest BCUT2D eigenvalue weighted by atomic mass is 10.0. The van der Waals surface area contributed by atoms with Crippen LogP contribution in [0.1, 0.15) is 19.9 Å². The van der Waals surface area contributed by atoms with Crippen LogP contribution in [0.4, 0.5) is 0 Å². The number of aromatic nitrogens is 2. The van der Waals surface area contributed by atoms with Crippen molar-refractivity contribution < 1.29 is 14.7 Å². The molecule has 1 atom stereocenters. The average Bonchev–Trinajstić information content (AvgIpc) is 2.75. The highest BCUT2D eigenvalue weighted by molar-refractivity contribution is 7.99. The number of benzene rings is 1. The van der Waals surface area contributed by atoms with E-state index in [0.717, 1.165) is 22.8 Å². The van der Waals surface area contributed by atoms with Crippen LogP contribution in [0.5, 0.6) is 0 Å². The molecule has 0 bridgehead atoms. The number of nitrogens with two attached hydrogens (primary N) is 1. The van der Waals surface area contributed by atoms with Crippen LogP contribution in [0.15, 0.2) is 29.4 Å². The van der Waals surface area contributed by atoms with Gasteiger partial charge < -0.3 is 15.4 Å². The summed E-state index contributed by atoms with van der Waals surface area (Å²) in [5.41, 5.74) is 7.03. The normalized spacial score (nSPS) is 12.7. The average molecular weight is 307 g/mol. The fourth-order valence-electron chi connectivity index (χ4n) is 2.27. The number of carbonyl (C=O) groups is 2. The molecule has 1 unspecified atom stereocenters. The van der Waals surface area contributed by atoms with Gasteiger partial charge >= 0.3 is 5.97 Å². The smallest absolute Gasteiger partial charge is 0.313 e. The number of hydrogen-bond donors (Lipinski definition) is 2. The quantitative estimate of drug-likeness (QED) is 0.794. The van der Waals surface area contributed by atoms with Crippen LogP contribution in [0.3, 0.4) is 0 Å². The van der Waals surface area contributed by atoms with Gasteiger partial charge in [-0.1, -0.05) is 37.7 Å². The first-order chi connectivity index (χ1) is 9.91. The molecule has 3 N–H and O–H groups in total. The number of imidazole rings is 1. The number of carboxylic acid groups (broad SMARTS) is 1. The van der Waals surface area contributed by atoms with Crippen molar-refractivity contribution in [1.29, 1.82) is 0 Å². The van der Waals surface area contributed by atoms with Gasteiger partial charge in [0.1, 0.15) is 6.04 Å². The highest BCUT2D eigenvalue weighted by Gasteiger charge is 2.27. The minimum absolute atomic E-state index is 0.0238. The molecule has 6 nitrogen and oxygen atoms in total. The van der Waals surface area contributed by atoms with Gasteiger partial charge in [0.15, 0.2) is 5.16 Å². The highest BCUT2D eigenvalue weighted by atomic mass is 32.2. The van der Waals surface area contributed by atoms with Crippen LogP contribution < -0.4 is 5.73 Å². The number of fused-ring (bicyclic) bond motifs is 1. The number of rotatable bonds is 6. The van der Waals surface area contributed by atoms with E-state index in [4.69, 9.17) is 10.8 Å². The number of primary amides is 1. The fraction of sp³-hybridized carbons (Fsp3) is 0.357. The fourth-order valence-corrected chi connectivity index (χ4v) is 3.04. The van der Waals surface area contributed by atoms with Gasteiger partial charge in [-0.15, -0.1) is 0 Å². The standard InChI is InChI=1S/C14H17N3O3S/c1-8(2)12(13(15)20)17-10-6-4-3-5-9(10)16-14(17)21-7-11(18)19/h3-6,8,12H,7H2,1-2H3,(H2,15,20)(H,18,19). The third-order valence-electron chi connectivity index (χ3n) is 3.09. The summed E-state index contributed by atoms with van der Waals surface area (Å²) in [7, 11) is 0. The van der Waals surface area contributed by atoms with Crippen LogP contribution >= 0.6 is 11.8 Å². The maximum Gasteiger partial charge on any atom is 0.313 e. The Kier molecular flexibility index (Phi) is 4.52. The van der Waals surface area contributed by atoms with Gasteiger partial charge in [-0.05, 0) is 18.1 Å². The lowest BCUT2D eigenvalue weighted by molar-refractivity contribution is -0.133. The lowest BCUT2D eigenvalue weighted by Crippen LogP contribution is -2.31. The van der Waals surface area contributed by atoms with Crippen molar-refractivity contribution in [1.82, 2.24) is 9.55 Å². The van der Waals surface area contributed by atoms with Crippen LogP contribution in [0, 0.1) is 5.92 Å². The van der Waals surface area contributed by atoms with Crippen LogP contribution in [-0.2, 0) is 9.59 Å². The van der Waals surface area contributed by atoms with Crippen molar-refractivity contribution in [3.05, 3.63) is 24.3 Å². The van der Waals surface area contributed by atoms with Crippen molar-refractivity contribution in [3.63, 3.8) is 0 Å². The monoisotopic (exact) mass is 307 g/mol. The van der Waals surface area contributed by atoms with Crippen molar-refractivity contribution in [3.8, 4) is 0 Å². The Morgan fingerprint density at radius 3 is 2.62 bits per heavy atom. The summed E-state index contributed by atoms with van der Waals surface area (Å²) >= 11 is 1.09. The van der Waals surface area contributed by atoms with Crippen molar-refractivity contribution in [2.24, 2.45) is 11.7 Å². The predicted octanol–water partition coefficient (Wildman–Crippen LogP) is 1.90. The zero-order valence-electron chi connectivity index (χ0n) is 11.8. The van der Waals surface area contributed by atoms with Gasteiger partial charge in [0.25, 0.3) is 0 Å². The Bertz CT molecular complexity index is 681. The van der Waals surface area contributed by atoms with E-state index in [1.807, 2.05) is 38.1 Å². The van der Waals surface area contributed by atoms with Crippen LogP contribution in [0.2, 0.25) is 0 Å². The van der Waals surface area contributed by atoms with Gasteiger partial charge in [0.2, 0.25) is 5.91 Å². The van der Waals surface area contributed by atoms with Gasteiger partial charge in [0, 0.05) is 0 Å². The maximum atomic E-state index is 11.8. The van der Waals surface area contributed by atoms with E-state index in [9.17, 15) is 9.59 Å². The summed E-state index contributed by atoms with van der Waals surface area (Å²) < 4.78 is 1.75. The topological polar surface area (TPSA) is 98.2 Å². The molecule has 0 saturated carbocycles. The number of nitrogens with zero attached hydrogens (tertiary/aromatic N) is 2. The number of thioether (sulfide) groups is 1. The van der Waals surface area contributed by atoms with Gasteiger partial charge in [-0.25, -0.2) is 4.98 Å².